The summed E-state index contributed by atoms with van der Waals surface area (Å²) in [7, 11) is 1.35. The number of nitrogens with two attached hydrogens (primary N) is 1. The van der Waals surface area contributed by atoms with Crippen molar-refractivity contribution in [1.29, 1.82) is 5.41 Å². The van der Waals surface area contributed by atoms with E-state index in [-0.39, 0.29) is 35.1 Å². The van der Waals surface area contributed by atoms with Crippen LogP contribution in [0.1, 0.15) is 29.3 Å². The topological polar surface area (TPSA) is 156 Å². The number of rotatable bonds is 8. The smallest absolute Gasteiger partial charge is 0.475 e. The number of nitrogens with zero attached hydrogens (tertiary/aromatic N) is 2. The molecule has 0 aliphatic carbocycles. The molecule has 0 aliphatic heterocycles. The third-order valence-electron chi connectivity index (χ3n) is 4.77. The minimum absolute atomic E-state index is 0.198. The number of hydrogen-bond donors (Lipinski definition) is 3. The van der Waals surface area contributed by atoms with Gasteiger partial charge >= 0.3 is 24.1 Å². The zero-order valence-corrected chi connectivity index (χ0v) is 20.8. The summed E-state index contributed by atoms with van der Waals surface area (Å²) >= 11 is 1.38. The Bertz CT molecular complexity index is 1350. The fourth-order valence-electron chi connectivity index (χ4n) is 2.80. The Kier molecular flexibility index (Phi) is 10.1. The molecule has 3 rings (SSSR count). The summed E-state index contributed by atoms with van der Waals surface area (Å²) in [6.07, 6.45) is -4.84. The highest BCUT2D eigenvalue weighted by atomic mass is 32.1. The summed E-state index contributed by atoms with van der Waals surface area (Å²) in [5.41, 5.74) is 6.47. The molecule has 0 atom stereocenters. The van der Waals surface area contributed by atoms with Crippen LogP contribution in [-0.2, 0) is 14.3 Å². The Morgan fingerprint density at radius 3 is 2.32 bits per heavy atom. The molecule has 0 saturated carbocycles. The van der Waals surface area contributed by atoms with E-state index < -0.39 is 23.9 Å². The van der Waals surface area contributed by atoms with Crippen molar-refractivity contribution in [2.24, 2.45) is 5.73 Å². The van der Waals surface area contributed by atoms with Crippen LogP contribution in [0.2, 0.25) is 0 Å². The van der Waals surface area contributed by atoms with Crippen molar-refractivity contribution in [3.63, 3.8) is 0 Å². The van der Waals surface area contributed by atoms with Gasteiger partial charge in [0, 0.05) is 18.7 Å². The van der Waals surface area contributed by atoms with Gasteiger partial charge in [-0.05, 0) is 43.3 Å². The number of fused-ring (bicyclic) bond motifs is 1. The monoisotopic (exact) mass is 558 g/mol. The molecule has 0 spiro atoms. The van der Waals surface area contributed by atoms with E-state index in [0.717, 1.165) is 15.9 Å². The molecule has 204 valence electrons. The highest BCUT2D eigenvalue weighted by Gasteiger charge is 2.38. The van der Waals surface area contributed by atoms with Crippen LogP contribution in [0, 0.1) is 11.2 Å². The van der Waals surface area contributed by atoms with Crippen LogP contribution in [0.5, 0.6) is 5.75 Å². The number of alkyl halides is 3. The van der Waals surface area contributed by atoms with Gasteiger partial charge in [0.05, 0.1) is 29.3 Å². The number of amidine groups is 1. The number of aromatic nitrogens is 1. The van der Waals surface area contributed by atoms with Crippen LogP contribution >= 0.6 is 11.3 Å². The lowest BCUT2D eigenvalue weighted by Crippen LogP contribution is -2.25. The molecule has 0 aliphatic rings. The van der Waals surface area contributed by atoms with Crippen molar-refractivity contribution in [3.05, 3.63) is 53.3 Å². The predicted molar refractivity (Wildman–Crippen MR) is 130 cm³/mol. The normalized spacial score (nSPS) is 10.8. The molecule has 38 heavy (non-hydrogen) atoms. The maximum atomic E-state index is 14.1. The number of carbonyl (C=O) groups excluding carboxylic acids is 2. The highest BCUT2D eigenvalue weighted by molar-refractivity contribution is 7.22. The number of hydrogen-bond acceptors (Lipinski definition) is 9. The van der Waals surface area contributed by atoms with Gasteiger partial charge in [0.1, 0.15) is 5.84 Å². The minimum Gasteiger partial charge on any atom is -0.475 e. The molecule has 2 aromatic carbocycles. The van der Waals surface area contributed by atoms with Gasteiger partial charge in [-0.1, -0.05) is 11.3 Å². The molecule has 1 heterocycles. The standard InChI is InChI=1S/C21H21FN4O4S.C2HF3O2/c1-3-26(9-8-18(27)29-2)21-25-15-6-4-13(11-17(15)31-21)20(28)30-16-7-5-12(19(23)24)10-14(16)22;3-2(4,5)1(6)7/h4-7,10-11H,3,8-9H2,1-2H3,(H3,23,24);(H,6,7). The average Bonchev–Trinajstić information content (AvgIpc) is 3.28. The van der Waals surface area contributed by atoms with Crippen LogP contribution < -0.4 is 15.4 Å². The number of nitrogen functional groups attached to an aromatic ring is 1. The van der Waals surface area contributed by atoms with Crippen molar-refractivity contribution in [1.82, 2.24) is 4.98 Å². The van der Waals surface area contributed by atoms with E-state index >= 15 is 0 Å². The van der Waals surface area contributed by atoms with Gasteiger partial charge in [-0.25, -0.2) is 19.0 Å². The molecule has 4 N–H and O–H groups in total. The molecule has 3 aromatic rings. The second kappa shape index (κ2) is 12.8. The molecule has 0 saturated heterocycles. The van der Waals surface area contributed by atoms with Gasteiger partial charge < -0.3 is 25.2 Å². The second-order valence-corrected chi connectivity index (χ2v) is 8.35. The number of benzene rings is 2. The van der Waals surface area contributed by atoms with Crippen LogP contribution in [-0.4, -0.2) is 60.2 Å². The van der Waals surface area contributed by atoms with Gasteiger partial charge in [0.15, 0.2) is 16.7 Å². The van der Waals surface area contributed by atoms with Gasteiger partial charge in [0.25, 0.3) is 0 Å². The number of ether oxygens (including phenoxy) is 2. The molecule has 0 bridgehead atoms. The zero-order valence-electron chi connectivity index (χ0n) is 20.0. The molecular formula is C23H22F4N4O6S. The number of carboxylic acids is 1. The molecule has 15 heteroatoms. The van der Waals surface area contributed by atoms with Gasteiger partial charge in [-0.15, -0.1) is 0 Å². The van der Waals surface area contributed by atoms with Crippen molar-refractivity contribution in [2.75, 3.05) is 25.1 Å². The second-order valence-electron chi connectivity index (χ2n) is 7.34. The van der Waals surface area contributed by atoms with Crippen LogP contribution in [0.25, 0.3) is 10.2 Å². The van der Waals surface area contributed by atoms with Crippen LogP contribution in [0.3, 0.4) is 0 Å². The number of thiazole rings is 1. The molecule has 0 fully saturated rings. The number of aliphatic carboxylic acids is 1. The Morgan fingerprint density at radius 1 is 1.16 bits per heavy atom. The molecule has 0 radical (unpaired) electrons. The van der Waals surface area contributed by atoms with Crippen molar-refractivity contribution < 1.29 is 46.5 Å². The number of carbonyl (C=O) groups is 3. The summed E-state index contributed by atoms with van der Waals surface area (Å²) in [6, 6.07) is 8.58. The Morgan fingerprint density at radius 2 is 1.79 bits per heavy atom. The predicted octanol–water partition coefficient (Wildman–Crippen LogP) is 3.96. The van der Waals surface area contributed by atoms with E-state index in [1.807, 2.05) is 11.8 Å². The third kappa shape index (κ3) is 8.12. The fourth-order valence-corrected chi connectivity index (χ4v) is 3.90. The van der Waals surface area contributed by atoms with E-state index in [0.29, 0.717) is 18.6 Å². The first-order chi connectivity index (χ1) is 17.8. The lowest BCUT2D eigenvalue weighted by molar-refractivity contribution is -0.192. The number of anilines is 1. The molecule has 0 amide bonds. The lowest BCUT2D eigenvalue weighted by atomic mass is 10.2. The van der Waals surface area contributed by atoms with Gasteiger partial charge in [0.2, 0.25) is 0 Å². The third-order valence-corrected chi connectivity index (χ3v) is 5.85. The van der Waals surface area contributed by atoms with Gasteiger partial charge in [-0.3, -0.25) is 10.2 Å². The molecule has 1 aromatic heterocycles. The van der Waals surface area contributed by atoms with Crippen molar-refractivity contribution in [2.45, 2.75) is 19.5 Å². The minimum atomic E-state index is -5.08. The van der Waals surface area contributed by atoms with Crippen molar-refractivity contribution in [3.8, 4) is 5.75 Å². The molecule has 10 nitrogen and oxygen atoms in total. The summed E-state index contributed by atoms with van der Waals surface area (Å²) in [5.74, 6) is -5.09. The first-order valence-electron chi connectivity index (χ1n) is 10.6. The number of esters is 2. The summed E-state index contributed by atoms with van der Waals surface area (Å²) < 4.78 is 56.5. The lowest BCUT2D eigenvalue weighted by Gasteiger charge is -2.18. The largest absolute Gasteiger partial charge is 0.490 e. The van der Waals surface area contributed by atoms with E-state index in [9.17, 15) is 27.2 Å². The Labute approximate surface area is 217 Å². The number of halogens is 4. The Balaban J connectivity index is 0.000000638. The summed E-state index contributed by atoms with van der Waals surface area (Å²) in [6.45, 7) is 3.08. The van der Waals surface area contributed by atoms with E-state index in [1.165, 1.54) is 30.6 Å². The molecular weight excluding hydrogens is 536 g/mol. The summed E-state index contributed by atoms with van der Waals surface area (Å²) in [5, 5.41) is 15.2. The van der Waals surface area contributed by atoms with E-state index in [1.54, 1.807) is 18.2 Å². The first-order valence-corrected chi connectivity index (χ1v) is 11.5. The number of carboxylic acid groups (broad SMARTS) is 1. The number of methoxy groups -OCH3 is 1. The fraction of sp³-hybridized carbons (Fsp3) is 0.261. The highest BCUT2D eigenvalue weighted by Crippen LogP contribution is 2.30. The van der Waals surface area contributed by atoms with Crippen LogP contribution in [0.4, 0.5) is 22.7 Å². The molecule has 0 unspecified atom stereocenters. The average molecular weight is 559 g/mol. The van der Waals surface area contributed by atoms with E-state index in [4.69, 9.17) is 25.8 Å². The van der Waals surface area contributed by atoms with Crippen molar-refractivity contribution >= 4 is 50.4 Å². The number of nitrogens with one attached hydrogen (secondary N) is 1. The van der Waals surface area contributed by atoms with E-state index in [2.05, 4.69) is 9.72 Å². The maximum Gasteiger partial charge on any atom is 0.490 e. The quantitative estimate of drug-likeness (QED) is 0.122. The van der Waals surface area contributed by atoms with Gasteiger partial charge in [-0.2, -0.15) is 13.2 Å². The first kappa shape index (κ1) is 30.0. The SMILES string of the molecule is CCN(CCC(=O)OC)c1nc2ccc(C(=O)Oc3ccc(C(=N)N)cc3F)cc2s1.O=C(O)C(F)(F)F. The van der Waals surface area contributed by atoms with Crippen LogP contribution in [0.15, 0.2) is 36.4 Å². The Hall–Kier alpha value is -4.27. The zero-order chi connectivity index (χ0) is 28.6. The maximum absolute atomic E-state index is 14.1. The summed E-state index contributed by atoms with van der Waals surface area (Å²) in [4.78, 5) is 39.3.